The number of ether oxygens (including phenoxy) is 2. The maximum absolute atomic E-state index is 13.3. The molecule has 2 unspecified atom stereocenters. The molecule has 3 aromatic carbocycles. The number of fused-ring (bicyclic) bond motifs is 1. The van der Waals surface area contributed by atoms with Crippen LogP contribution in [-0.2, 0) is 0 Å². The number of hydrogen-bond donors (Lipinski definition) is 1. The Balaban J connectivity index is 1.69. The summed E-state index contributed by atoms with van der Waals surface area (Å²) in [5.74, 6) is 1.39. The summed E-state index contributed by atoms with van der Waals surface area (Å²) in [5.41, 5.74) is 3.48. The van der Waals surface area contributed by atoms with Crippen molar-refractivity contribution >= 4 is 17.2 Å². The Kier molecular flexibility index (Phi) is 5.12. The van der Waals surface area contributed by atoms with Crippen molar-refractivity contribution in [3.63, 3.8) is 0 Å². The molecule has 1 heterocycles. The molecule has 1 aliphatic rings. The molecular formula is C24H24N2O3. The molecule has 0 amide bonds. The monoisotopic (exact) mass is 388 g/mol. The summed E-state index contributed by atoms with van der Waals surface area (Å²) < 4.78 is 11.5. The van der Waals surface area contributed by atoms with Gasteiger partial charge in [0.15, 0.2) is 11.9 Å². The van der Waals surface area contributed by atoms with E-state index in [1.54, 1.807) is 7.11 Å². The Hall–Kier alpha value is -3.47. The summed E-state index contributed by atoms with van der Waals surface area (Å²) >= 11 is 0. The first-order chi connectivity index (χ1) is 14.1. The first kappa shape index (κ1) is 18.9. The smallest absolute Gasteiger partial charge is 0.192 e. The number of nitrogens with one attached hydrogen (secondary N) is 1. The van der Waals surface area contributed by atoms with Crippen molar-refractivity contribution < 1.29 is 14.3 Å². The Morgan fingerprint density at radius 1 is 0.931 bits per heavy atom. The molecule has 0 saturated carbocycles. The molecule has 148 valence electrons. The van der Waals surface area contributed by atoms with E-state index in [-0.39, 0.29) is 5.78 Å². The third-order valence-corrected chi connectivity index (χ3v) is 5.14. The highest BCUT2D eigenvalue weighted by Crippen LogP contribution is 2.37. The molecule has 4 rings (SSSR count). The van der Waals surface area contributed by atoms with Gasteiger partial charge in [-0.05, 0) is 54.1 Å². The van der Waals surface area contributed by atoms with Crippen LogP contribution in [0.1, 0.15) is 22.0 Å². The van der Waals surface area contributed by atoms with Crippen LogP contribution in [0.15, 0.2) is 72.8 Å². The molecule has 3 aromatic rings. The van der Waals surface area contributed by atoms with E-state index >= 15 is 0 Å². The SMILES string of the molecule is COc1ccc(C2Oc3ccccc3C(=O)C2Nc2ccc(N(C)C)cc2)cc1. The molecule has 29 heavy (non-hydrogen) atoms. The van der Waals surface area contributed by atoms with Gasteiger partial charge in [0, 0.05) is 25.5 Å². The van der Waals surface area contributed by atoms with Crippen molar-refractivity contribution in [3.8, 4) is 11.5 Å². The van der Waals surface area contributed by atoms with E-state index in [4.69, 9.17) is 9.47 Å². The van der Waals surface area contributed by atoms with Gasteiger partial charge in [0.25, 0.3) is 0 Å². The maximum atomic E-state index is 13.3. The fourth-order valence-corrected chi connectivity index (χ4v) is 3.51. The van der Waals surface area contributed by atoms with Gasteiger partial charge in [-0.15, -0.1) is 0 Å². The second-order valence-corrected chi connectivity index (χ2v) is 7.24. The van der Waals surface area contributed by atoms with Crippen LogP contribution in [0.2, 0.25) is 0 Å². The number of ketones is 1. The van der Waals surface area contributed by atoms with Gasteiger partial charge in [-0.3, -0.25) is 4.79 Å². The van der Waals surface area contributed by atoms with Gasteiger partial charge in [0.2, 0.25) is 0 Å². The van der Waals surface area contributed by atoms with Crippen LogP contribution in [0.3, 0.4) is 0 Å². The van der Waals surface area contributed by atoms with E-state index < -0.39 is 12.1 Å². The topological polar surface area (TPSA) is 50.8 Å². The number of benzene rings is 3. The quantitative estimate of drug-likeness (QED) is 0.694. The first-order valence-electron chi connectivity index (χ1n) is 9.54. The second kappa shape index (κ2) is 7.87. The van der Waals surface area contributed by atoms with E-state index in [0.29, 0.717) is 11.3 Å². The van der Waals surface area contributed by atoms with E-state index in [1.807, 2.05) is 91.8 Å². The van der Waals surface area contributed by atoms with E-state index in [1.165, 1.54) is 0 Å². The van der Waals surface area contributed by atoms with Gasteiger partial charge >= 0.3 is 0 Å². The molecule has 0 saturated heterocycles. The van der Waals surface area contributed by atoms with E-state index in [2.05, 4.69) is 5.32 Å². The number of carbonyl (C=O) groups excluding carboxylic acids is 1. The van der Waals surface area contributed by atoms with Gasteiger partial charge < -0.3 is 19.7 Å². The standard InChI is InChI=1S/C24H24N2O3/c1-26(2)18-12-10-17(11-13-18)25-22-23(27)20-6-4-5-7-21(20)29-24(22)16-8-14-19(28-3)15-9-16/h4-15,22,24-25H,1-3H3. The Labute approximate surface area is 170 Å². The molecule has 0 spiro atoms. The maximum Gasteiger partial charge on any atom is 0.192 e. The third kappa shape index (κ3) is 3.76. The lowest BCUT2D eigenvalue weighted by atomic mass is 9.91. The molecule has 1 N–H and O–H groups in total. The van der Waals surface area contributed by atoms with Crippen LogP contribution in [0.5, 0.6) is 11.5 Å². The van der Waals surface area contributed by atoms with Crippen LogP contribution in [0.25, 0.3) is 0 Å². The van der Waals surface area contributed by atoms with Gasteiger partial charge in [-0.1, -0.05) is 24.3 Å². The number of hydrogen-bond acceptors (Lipinski definition) is 5. The van der Waals surface area contributed by atoms with Crippen molar-refractivity contribution in [2.45, 2.75) is 12.1 Å². The minimum absolute atomic E-state index is 0.0179. The minimum Gasteiger partial charge on any atom is -0.497 e. The lowest BCUT2D eigenvalue weighted by Crippen LogP contribution is -2.42. The van der Waals surface area contributed by atoms with Crippen molar-refractivity contribution in [2.24, 2.45) is 0 Å². The molecule has 0 radical (unpaired) electrons. The van der Waals surface area contributed by atoms with Crippen molar-refractivity contribution in [2.75, 3.05) is 31.4 Å². The Morgan fingerprint density at radius 2 is 1.62 bits per heavy atom. The Bertz CT molecular complexity index is 997. The van der Waals surface area contributed by atoms with Crippen molar-refractivity contribution in [3.05, 3.63) is 83.9 Å². The van der Waals surface area contributed by atoms with Crippen LogP contribution in [0, 0.1) is 0 Å². The zero-order valence-corrected chi connectivity index (χ0v) is 16.8. The first-order valence-corrected chi connectivity index (χ1v) is 9.54. The number of carbonyl (C=O) groups is 1. The average molecular weight is 388 g/mol. The van der Waals surface area contributed by atoms with Gasteiger partial charge in [-0.2, -0.15) is 0 Å². The average Bonchev–Trinajstić information content (AvgIpc) is 2.76. The van der Waals surface area contributed by atoms with Crippen molar-refractivity contribution in [1.29, 1.82) is 0 Å². The molecule has 1 aliphatic heterocycles. The fraction of sp³-hybridized carbons (Fsp3) is 0.208. The Morgan fingerprint density at radius 3 is 2.28 bits per heavy atom. The van der Waals surface area contributed by atoms with Crippen LogP contribution < -0.4 is 19.7 Å². The van der Waals surface area contributed by atoms with E-state index in [9.17, 15) is 4.79 Å². The molecule has 2 atom stereocenters. The molecule has 5 nitrogen and oxygen atoms in total. The highest BCUT2D eigenvalue weighted by Gasteiger charge is 2.38. The summed E-state index contributed by atoms with van der Waals surface area (Å²) in [5, 5.41) is 3.39. The molecule has 5 heteroatoms. The summed E-state index contributed by atoms with van der Waals surface area (Å²) in [6, 6.07) is 22.5. The van der Waals surface area contributed by atoms with Crippen LogP contribution >= 0.6 is 0 Å². The van der Waals surface area contributed by atoms with Crippen molar-refractivity contribution in [1.82, 2.24) is 0 Å². The minimum atomic E-state index is -0.538. The third-order valence-electron chi connectivity index (χ3n) is 5.14. The number of para-hydroxylation sites is 1. The lowest BCUT2D eigenvalue weighted by Gasteiger charge is -2.34. The fourth-order valence-electron chi connectivity index (χ4n) is 3.51. The molecule has 0 fully saturated rings. The number of nitrogens with zero attached hydrogens (tertiary/aromatic N) is 1. The zero-order valence-electron chi connectivity index (χ0n) is 16.8. The highest BCUT2D eigenvalue weighted by atomic mass is 16.5. The normalized spacial score (nSPS) is 17.8. The predicted octanol–water partition coefficient (Wildman–Crippen LogP) is 4.56. The highest BCUT2D eigenvalue weighted by molar-refractivity contribution is 6.05. The molecule has 0 bridgehead atoms. The van der Waals surface area contributed by atoms with Gasteiger partial charge in [0.05, 0.1) is 12.7 Å². The zero-order chi connectivity index (χ0) is 20.4. The number of anilines is 2. The lowest BCUT2D eigenvalue weighted by molar-refractivity contribution is 0.0812. The summed E-state index contributed by atoms with van der Waals surface area (Å²) in [7, 11) is 5.63. The molecule has 0 aliphatic carbocycles. The van der Waals surface area contributed by atoms with Crippen LogP contribution in [-0.4, -0.2) is 33.0 Å². The molecule has 0 aromatic heterocycles. The predicted molar refractivity (Wildman–Crippen MR) is 115 cm³/mol. The number of methoxy groups -OCH3 is 1. The van der Waals surface area contributed by atoms with Crippen LogP contribution in [0.4, 0.5) is 11.4 Å². The largest absolute Gasteiger partial charge is 0.497 e. The summed E-state index contributed by atoms with van der Waals surface area (Å²) in [6.45, 7) is 0. The van der Waals surface area contributed by atoms with Gasteiger partial charge in [0.1, 0.15) is 17.5 Å². The number of rotatable bonds is 5. The summed E-state index contributed by atoms with van der Waals surface area (Å²) in [4.78, 5) is 15.4. The summed E-state index contributed by atoms with van der Waals surface area (Å²) in [6.07, 6.45) is -0.447. The number of Topliss-reactive ketones (excluding diaryl/α,β-unsaturated/α-hetero) is 1. The van der Waals surface area contributed by atoms with E-state index in [0.717, 1.165) is 22.7 Å². The molecular weight excluding hydrogens is 364 g/mol. The second-order valence-electron chi connectivity index (χ2n) is 7.24. The van der Waals surface area contributed by atoms with Gasteiger partial charge in [-0.25, -0.2) is 0 Å².